The molecule has 8 heteroatoms. The van der Waals surface area contributed by atoms with Gasteiger partial charge in [0.2, 0.25) is 0 Å². The molecule has 38 heavy (non-hydrogen) atoms. The van der Waals surface area contributed by atoms with Crippen molar-refractivity contribution >= 4 is 5.78 Å². The topological polar surface area (TPSA) is 57.0 Å². The summed E-state index contributed by atoms with van der Waals surface area (Å²) in [5.74, 6) is 2.04. The highest BCUT2D eigenvalue weighted by Crippen LogP contribution is 2.59. The maximum absolute atomic E-state index is 12.6. The molecule has 3 aliphatic rings. The summed E-state index contributed by atoms with van der Waals surface area (Å²) < 4.78 is 42.8. The quantitative estimate of drug-likeness (QED) is 0.353. The Morgan fingerprint density at radius 2 is 1.89 bits per heavy atom. The molecule has 0 unspecified atom stereocenters. The van der Waals surface area contributed by atoms with Gasteiger partial charge in [-0.1, -0.05) is 30.3 Å². The van der Waals surface area contributed by atoms with Crippen molar-refractivity contribution in [1.82, 2.24) is 15.0 Å². The average molecular weight is 524 g/mol. The van der Waals surface area contributed by atoms with Gasteiger partial charge in [-0.3, -0.25) is 9.48 Å². The normalized spacial score (nSPS) is 26.5. The van der Waals surface area contributed by atoms with E-state index in [4.69, 9.17) is 0 Å². The van der Waals surface area contributed by atoms with Crippen LogP contribution >= 0.6 is 0 Å². The number of rotatable bonds is 6. The van der Waals surface area contributed by atoms with Gasteiger partial charge in [0.15, 0.2) is 0 Å². The van der Waals surface area contributed by atoms with Crippen LogP contribution in [0.1, 0.15) is 68.1 Å². The molecule has 0 amide bonds. The van der Waals surface area contributed by atoms with E-state index >= 15 is 0 Å². The first-order valence-corrected chi connectivity index (χ1v) is 13.6. The number of benzene rings is 2. The second-order valence-corrected chi connectivity index (χ2v) is 11.4. The number of Topliss-reactive ketones (excluding diaryl/α,β-unsaturated/α-hetero) is 1. The molecule has 3 aliphatic carbocycles. The monoisotopic (exact) mass is 523 g/mol. The smallest absolute Gasteiger partial charge is 0.406 e. The number of carbonyl (C=O) groups excluding carboxylic acids is 1. The van der Waals surface area contributed by atoms with Crippen molar-refractivity contribution in [3.8, 4) is 17.0 Å². The molecule has 3 aromatic rings. The minimum atomic E-state index is -4.71. The molecule has 1 aromatic heterocycles. The number of aryl methyl sites for hydroxylation is 3. The molecule has 4 atom stereocenters. The largest absolute Gasteiger partial charge is 0.573 e. The number of aromatic nitrogens is 3. The molecule has 0 saturated heterocycles. The lowest BCUT2D eigenvalue weighted by atomic mass is 9.55. The van der Waals surface area contributed by atoms with Crippen molar-refractivity contribution < 1.29 is 22.7 Å². The highest BCUT2D eigenvalue weighted by atomic mass is 19.4. The highest BCUT2D eigenvalue weighted by Gasteiger charge is 2.54. The Bertz CT molecular complexity index is 1330. The van der Waals surface area contributed by atoms with Gasteiger partial charge >= 0.3 is 6.36 Å². The van der Waals surface area contributed by atoms with E-state index in [2.05, 4.69) is 40.2 Å². The summed E-state index contributed by atoms with van der Waals surface area (Å²) >= 11 is 0. The minimum absolute atomic E-state index is 0.0786. The number of hydrogen-bond donors (Lipinski definition) is 0. The molecule has 2 saturated carbocycles. The van der Waals surface area contributed by atoms with Gasteiger partial charge in [0.05, 0.1) is 6.20 Å². The van der Waals surface area contributed by atoms with E-state index < -0.39 is 6.36 Å². The third kappa shape index (κ3) is 4.74. The molecular formula is C30H32F3N3O2. The van der Waals surface area contributed by atoms with Crippen molar-refractivity contribution in [2.45, 2.75) is 77.1 Å². The van der Waals surface area contributed by atoms with Crippen LogP contribution in [0.4, 0.5) is 13.2 Å². The number of fused-ring (bicyclic) bond motifs is 5. The number of hydrogen-bond acceptors (Lipinski definition) is 4. The van der Waals surface area contributed by atoms with Crippen LogP contribution in [-0.2, 0) is 24.2 Å². The van der Waals surface area contributed by atoms with Crippen molar-refractivity contribution in [1.29, 1.82) is 0 Å². The molecule has 0 bridgehead atoms. The van der Waals surface area contributed by atoms with Gasteiger partial charge in [-0.05, 0) is 104 Å². The van der Waals surface area contributed by atoms with E-state index in [9.17, 15) is 18.0 Å². The molecule has 0 N–H and O–H groups in total. The Kier molecular flexibility index (Phi) is 6.31. The number of nitrogens with zero attached hydrogens (tertiary/aromatic N) is 3. The predicted octanol–water partition coefficient (Wildman–Crippen LogP) is 6.90. The number of ketones is 1. The zero-order valence-corrected chi connectivity index (χ0v) is 21.5. The zero-order valence-electron chi connectivity index (χ0n) is 21.5. The Morgan fingerprint density at radius 1 is 1.08 bits per heavy atom. The molecule has 1 heterocycles. The number of carbonyl (C=O) groups is 1. The molecule has 0 radical (unpaired) electrons. The fourth-order valence-corrected chi connectivity index (χ4v) is 7.37. The summed E-state index contributed by atoms with van der Waals surface area (Å²) in [5.41, 5.74) is 5.55. The summed E-state index contributed by atoms with van der Waals surface area (Å²) in [6.45, 7) is 2.93. The van der Waals surface area contributed by atoms with Crippen LogP contribution in [0.3, 0.4) is 0 Å². The van der Waals surface area contributed by atoms with E-state index in [1.165, 1.54) is 35.2 Å². The molecule has 200 valence electrons. The standard InChI is InChI=1S/C30H32F3N3O2/c1-29-15-14-24-23-10-4-19(17-21(23)7-11-25(24)26(29)12-13-28(29)37)3-2-16-36-18-27(34-35-36)20-5-8-22(9-6-20)38-30(31,32)33/h4-6,8-10,17-18,24-26H,2-3,7,11-16H2,1H3/t24-,25-,26+,29+/m1/s1. The van der Waals surface area contributed by atoms with E-state index in [0.29, 0.717) is 41.3 Å². The first-order valence-electron chi connectivity index (χ1n) is 13.6. The molecule has 0 spiro atoms. The first kappa shape index (κ1) is 25.1. The molecule has 2 fully saturated rings. The summed E-state index contributed by atoms with van der Waals surface area (Å²) in [6.07, 6.45) is 5.26. The van der Waals surface area contributed by atoms with Crippen LogP contribution in [0, 0.1) is 17.3 Å². The van der Waals surface area contributed by atoms with Gasteiger partial charge in [-0.2, -0.15) is 0 Å². The van der Waals surface area contributed by atoms with Crippen molar-refractivity contribution in [3.05, 3.63) is 65.4 Å². The van der Waals surface area contributed by atoms with Gasteiger partial charge in [0.1, 0.15) is 17.2 Å². The van der Waals surface area contributed by atoms with E-state index in [0.717, 1.165) is 44.9 Å². The van der Waals surface area contributed by atoms with Crippen LogP contribution in [-0.4, -0.2) is 27.1 Å². The summed E-state index contributed by atoms with van der Waals surface area (Å²) in [6, 6.07) is 12.6. The van der Waals surface area contributed by atoms with E-state index in [-0.39, 0.29) is 11.2 Å². The fraction of sp³-hybridized carbons (Fsp3) is 0.500. The predicted molar refractivity (Wildman–Crippen MR) is 137 cm³/mol. The maximum atomic E-state index is 12.6. The van der Waals surface area contributed by atoms with Gasteiger partial charge < -0.3 is 4.74 Å². The average Bonchev–Trinajstić information content (AvgIpc) is 3.47. The van der Waals surface area contributed by atoms with Crippen molar-refractivity contribution in [2.24, 2.45) is 17.3 Å². The number of halogens is 3. The lowest BCUT2D eigenvalue weighted by Crippen LogP contribution is -2.42. The number of alkyl halides is 3. The van der Waals surface area contributed by atoms with Crippen LogP contribution in [0.5, 0.6) is 5.75 Å². The SMILES string of the molecule is C[C@]12CC[C@@H]3c4ccc(CCCn5cc(-c6ccc(OC(F)(F)F)cc6)nn5)cc4CC[C@H]3[C@@H]1CCC2=O. The van der Waals surface area contributed by atoms with E-state index in [1.807, 2.05) is 6.20 Å². The maximum Gasteiger partial charge on any atom is 0.573 e. The number of ether oxygens (including phenoxy) is 1. The third-order valence-corrected chi connectivity index (χ3v) is 9.27. The fourth-order valence-electron chi connectivity index (χ4n) is 7.37. The van der Waals surface area contributed by atoms with E-state index in [1.54, 1.807) is 16.8 Å². The Labute approximate surface area is 220 Å². The Hall–Kier alpha value is -3.16. The van der Waals surface area contributed by atoms with Gasteiger partial charge in [-0.15, -0.1) is 18.3 Å². The molecule has 0 aliphatic heterocycles. The molecule has 6 rings (SSSR count). The first-order chi connectivity index (χ1) is 18.2. The van der Waals surface area contributed by atoms with Crippen molar-refractivity contribution in [2.75, 3.05) is 0 Å². The highest BCUT2D eigenvalue weighted by molar-refractivity contribution is 5.87. The van der Waals surface area contributed by atoms with Crippen LogP contribution < -0.4 is 4.74 Å². The zero-order chi connectivity index (χ0) is 26.5. The summed E-state index contributed by atoms with van der Waals surface area (Å²) in [5, 5.41) is 8.36. The second-order valence-electron chi connectivity index (χ2n) is 11.4. The lowest BCUT2D eigenvalue weighted by Gasteiger charge is -2.48. The van der Waals surface area contributed by atoms with Gasteiger partial charge in [0.25, 0.3) is 0 Å². The summed E-state index contributed by atoms with van der Waals surface area (Å²) in [4.78, 5) is 12.6. The molecule has 5 nitrogen and oxygen atoms in total. The lowest BCUT2D eigenvalue weighted by molar-refractivity contribution is -0.274. The minimum Gasteiger partial charge on any atom is -0.406 e. The van der Waals surface area contributed by atoms with Crippen LogP contribution in [0.2, 0.25) is 0 Å². The Morgan fingerprint density at radius 3 is 2.68 bits per heavy atom. The van der Waals surface area contributed by atoms with Gasteiger partial charge in [-0.25, -0.2) is 0 Å². The Balaban J connectivity index is 1.05. The summed E-state index contributed by atoms with van der Waals surface area (Å²) in [7, 11) is 0. The van der Waals surface area contributed by atoms with Crippen molar-refractivity contribution in [3.63, 3.8) is 0 Å². The van der Waals surface area contributed by atoms with Crippen LogP contribution in [0.25, 0.3) is 11.3 Å². The molecular weight excluding hydrogens is 491 g/mol. The van der Waals surface area contributed by atoms with Gasteiger partial charge in [0, 0.05) is 23.9 Å². The molecule has 2 aromatic carbocycles. The second kappa shape index (κ2) is 9.54. The van der Waals surface area contributed by atoms with Crippen LogP contribution in [0.15, 0.2) is 48.7 Å². The third-order valence-electron chi connectivity index (χ3n) is 9.27.